The first-order valence-electron chi connectivity index (χ1n) is 4.94. The van der Waals surface area contributed by atoms with Gasteiger partial charge in [0.15, 0.2) is 0 Å². The van der Waals surface area contributed by atoms with Gasteiger partial charge in [0.2, 0.25) is 0 Å². The van der Waals surface area contributed by atoms with Gasteiger partial charge in [-0.05, 0) is 24.6 Å². The summed E-state index contributed by atoms with van der Waals surface area (Å²) in [7, 11) is 0. The van der Waals surface area contributed by atoms with E-state index in [1.54, 1.807) is 0 Å². The predicted octanol–water partition coefficient (Wildman–Crippen LogP) is 2.13. The Balaban J connectivity index is 2.89. The molecule has 15 heavy (non-hydrogen) atoms. The van der Waals surface area contributed by atoms with Crippen LogP contribution in [0.4, 0.5) is 8.78 Å². The summed E-state index contributed by atoms with van der Waals surface area (Å²) in [5, 5.41) is 9.57. The van der Waals surface area contributed by atoms with Crippen molar-refractivity contribution in [1.82, 2.24) is 0 Å². The molecule has 0 fully saturated rings. The van der Waals surface area contributed by atoms with E-state index in [2.05, 4.69) is 0 Å². The summed E-state index contributed by atoms with van der Waals surface area (Å²) in [6, 6.07) is 2.19. The van der Waals surface area contributed by atoms with Gasteiger partial charge in [-0.1, -0.05) is 13.3 Å². The number of aliphatic hydroxyl groups is 1. The predicted molar refractivity (Wildman–Crippen MR) is 54.2 cm³/mol. The molecule has 1 rings (SSSR count). The molecule has 0 radical (unpaired) electrons. The van der Waals surface area contributed by atoms with E-state index in [1.165, 1.54) is 0 Å². The molecule has 1 aromatic carbocycles. The maximum atomic E-state index is 13.3. The Morgan fingerprint density at radius 2 is 2.07 bits per heavy atom. The SMILES string of the molecule is CCC[C@H](O)[C@H](N)c1cc(F)ccc1F. The molecule has 0 saturated heterocycles. The fourth-order valence-corrected chi connectivity index (χ4v) is 1.45. The van der Waals surface area contributed by atoms with Crippen LogP contribution in [0.5, 0.6) is 0 Å². The summed E-state index contributed by atoms with van der Waals surface area (Å²) in [5.74, 6) is -1.13. The van der Waals surface area contributed by atoms with Crippen LogP contribution < -0.4 is 5.73 Å². The molecular weight excluding hydrogens is 200 g/mol. The van der Waals surface area contributed by atoms with Crippen molar-refractivity contribution in [3.05, 3.63) is 35.4 Å². The maximum Gasteiger partial charge on any atom is 0.128 e. The van der Waals surface area contributed by atoms with Crippen molar-refractivity contribution in [1.29, 1.82) is 0 Å². The molecule has 0 aromatic heterocycles. The minimum Gasteiger partial charge on any atom is -0.391 e. The number of hydrogen-bond acceptors (Lipinski definition) is 2. The van der Waals surface area contributed by atoms with Crippen molar-refractivity contribution >= 4 is 0 Å². The lowest BCUT2D eigenvalue weighted by atomic mass is 9.99. The molecule has 2 atom stereocenters. The second-order valence-electron chi connectivity index (χ2n) is 3.55. The molecule has 0 aliphatic rings. The van der Waals surface area contributed by atoms with Crippen LogP contribution in [0.25, 0.3) is 0 Å². The highest BCUT2D eigenvalue weighted by Crippen LogP contribution is 2.21. The van der Waals surface area contributed by atoms with E-state index < -0.39 is 23.8 Å². The zero-order chi connectivity index (χ0) is 11.4. The van der Waals surface area contributed by atoms with Crippen LogP contribution in [0, 0.1) is 11.6 Å². The Bertz CT molecular complexity index is 330. The third-order valence-corrected chi connectivity index (χ3v) is 2.32. The Morgan fingerprint density at radius 1 is 1.40 bits per heavy atom. The van der Waals surface area contributed by atoms with E-state index in [0.717, 1.165) is 24.6 Å². The first kappa shape index (κ1) is 12.1. The molecule has 0 bridgehead atoms. The van der Waals surface area contributed by atoms with Crippen molar-refractivity contribution < 1.29 is 13.9 Å². The standard InChI is InChI=1S/C11H15F2NO/c1-2-3-10(15)11(14)8-6-7(12)4-5-9(8)13/h4-6,10-11,15H,2-3,14H2,1H3/t10-,11+/m0/s1. The van der Waals surface area contributed by atoms with Gasteiger partial charge in [-0.25, -0.2) is 8.78 Å². The fourth-order valence-electron chi connectivity index (χ4n) is 1.45. The first-order chi connectivity index (χ1) is 7.06. The molecule has 0 aliphatic carbocycles. The monoisotopic (exact) mass is 215 g/mol. The largest absolute Gasteiger partial charge is 0.391 e. The number of aliphatic hydroxyl groups excluding tert-OH is 1. The summed E-state index contributed by atoms with van der Waals surface area (Å²) in [6.07, 6.45) is 0.370. The molecule has 2 nitrogen and oxygen atoms in total. The quantitative estimate of drug-likeness (QED) is 0.808. The lowest BCUT2D eigenvalue weighted by Crippen LogP contribution is -2.27. The van der Waals surface area contributed by atoms with Gasteiger partial charge in [0.05, 0.1) is 12.1 Å². The summed E-state index contributed by atoms with van der Waals surface area (Å²) in [6.45, 7) is 1.89. The number of rotatable bonds is 4. The van der Waals surface area contributed by atoms with Crippen molar-refractivity contribution in [3.8, 4) is 0 Å². The zero-order valence-electron chi connectivity index (χ0n) is 8.58. The summed E-state index contributed by atoms with van der Waals surface area (Å²) < 4.78 is 26.1. The number of benzene rings is 1. The van der Waals surface area contributed by atoms with Crippen molar-refractivity contribution in [3.63, 3.8) is 0 Å². The van der Waals surface area contributed by atoms with Gasteiger partial charge in [-0.3, -0.25) is 0 Å². The van der Waals surface area contributed by atoms with Gasteiger partial charge in [0.25, 0.3) is 0 Å². The van der Waals surface area contributed by atoms with Gasteiger partial charge in [-0.2, -0.15) is 0 Å². The van der Waals surface area contributed by atoms with Crippen LogP contribution in [-0.4, -0.2) is 11.2 Å². The minimum atomic E-state index is -0.874. The maximum absolute atomic E-state index is 13.3. The van der Waals surface area contributed by atoms with Crippen LogP contribution in [0.3, 0.4) is 0 Å². The third-order valence-electron chi connectivity index (χ3n) is 2.32. The molecular formula is C11H15F2NO. The second kappa shape index (κ2) is 5.19. The van der Waals surface area contributed by atoms with Gasteiger partial charge in [-0.15, -0.1) is 0 Å². The number of hydrogen-bond donors (Lipinski definition) is 2. The highest BCUT2D eigenvalue weighted by atomic mass is 19.1. The molecule has 1 aromatic rings. The average Bonchev–Trinajstić information content (AvgIpc) is 2.21. The number of nitrogens with two attached hydrogens (primary N) is 1. The zero-order valence-corrected chi connectivity index (χ0v) is 8.58. The van der Waals surface area contributed by atoms with Crippen molar-refractivity contribution in [2.45, 2.75) is 31.9 Å². The van der Waals surface area contributed by atoms with Crippen LogP contribution in [0.1, 0.15) is 31.4 Å². The fraction of sp³-hybridized carbons (Fsp3) is 0.455. The Hall–Kier alpha value is -1.00. The van der Waals surface area contributed by atoms with E-state index in [0.29, 0.717) is 6.42 Å². The van der Waals surface area contributed by atoms with Crippen LogP contribution in [0.15, 0.2) is 18.2 Å². The minimum absolute atomic E-state index is 0.0240. The molecule has 0 unspecified atom stereocenters. The van der Waals surface area contributed by atoms with Crippen LogP contribution >= 0.6 is 0 Å². The summed E-state index contributed by atoms with van der Waals surface area (Å²) in [4.78, 5) is 0. The van der Waals surface area contributed by atoms with Gasteiger partial charge in [0, 0.05) is 5.56 Å². The highest BCUT2D eigenvalue weighted by molar-refractivity contribution is 5.22. The van der Waals surface area contributed by atoms with E-state index in [-0.39, 0.29) is 5.56 Å². The highest BCUT2D eigenvalue weighted by Gasteiger charge is 2.19. The van der Waals surface area contributed by atoms with E-state index in [9.17, 15) is 13.9 Å². The van der Waals surface area contributed by atoms with Gasteiger partial charge >= 0.3 is 0 Å². The molecule has 3 N–H and O–H groups in total. The van der Waals surface area contributed by atoms with Crippen molar-refractivity contribution in [2.24, 2.45) is 5.73 Å². The molecule has 0 aliphatic heterocycles. The molecule has 84 valence electrons. The van der Waals surface area contributed by atoms with Crippen LogP contribution in [0.2, 0.25) is 0 Å². The van der Waals surface area contributed by atoms with Gasteiger partial charge < -0.3 is 10.8 Å². The topological polar surface area (TPSA) is 46.2 Å². The number of halogens is 2. The van der Waals surface area contributed by atoms with E-state index >= 15 is 0 Å². The summed E-state index contributed by atoms with van der Waals surface area (Å²) >= 11 is 0. The average molecular weight is 215 g/mol. The first-order valence-corrected chi connectivity index (χ1v) is 4.94. The molecule has 4 heteroatoms. The molecule has 0 spiro atoms. The Morgan fingerprint density at radius 3 is 2.67 bits per heavy atom. The smallest absolute Gasteiger partial charge is 0.128 e. The third kappa shape index (κ3) is 2.97. The second-order valence-corrected chi connectivity index (χ2v) is 3.55. The Labute approximate surface area is 87.7 Å². The lowest BCUT2D eigenvalue weighted by molar-refractivity contribution is 0.132. The van der Waals surface area contributed by atoms with Crippen molar-refractivity contribution in [2.75, 3.05) is 0 Å². The van der Waals surface area contributed by atoms with E-state index in [4.69, 9.17) is 5.73 Å². The van der Waals surface area contributed by atoms with Gasteiger partial charge in [0.1, 0.15) is 11.6 Å². The van der Waals surface area contributed by atoms with Crippen LogP contribution in [-0.2, 0) is 0 Å². The molecule has 0 heterocycles. The molecule has 0 saturated carbocycles. The summed E-state index contributed by atoms with van der Waals surface area (Å²) in [5.41, 5.74) is 5.66. The van der Waals surface area contributed by atoms with E-state index in [1.807, 2.05) is 6.92 Å². The normalized spacial score (nSPS) is 15.0. The lowest BCUT2D eigenvalue weighted by Gasteiger charge is -2.19. The Kier molecular flexibility index (Phi) is 4.17. The molecule has 0 amide bonds.